The van der Waals surface area contributed by atoms with Crippen molar-refractivity contribution in [2.45, 2.75) is 24.3 Å². The zero-order valence-corrected chi connectivity index (χ0v) is 14.5. The molecule has 1 N–H and O–H groups in total. The highest BCUT2D eigenvalue weighted by molar-refractivity contribution is 7.98. The van der Waals surface area contributed by atoms with Crippen LogP contribution in [0.2, 0.25) is 10.0 Å². The zero-order chi connectivity index (χ0) is 15.2. The van der Waals surface area contributed by atoms with Crippen LogP contribution in [0.15, 0.2) is 47.4 Å². The predicted molar refractivity (Wildman–Crippen MR) is 94.8 cm³/mol. The van der Waals surface area contributed by atoms with Crippen molar-refractivity contribution in [1.29, 1.82) is 0 Å². The Balaban J connectivity index is 2.21. The summed E-state index contributed by atoms with van der Waals surface area (Å²) < 4.78 is 0. The van der Waals surface area contributed by atoms with E-state index in [9.17, 15) is 0 Å². The van der Waals surface area contributed by atoms with E-state index >= 15 is 0 Å². The first kappa shape index (κ1) is 16.7. The number of hydrogen-bond donors (Lipinski definition) is 1. The number of nitrogens with one attached hydrogen (secondary N) is 1. The SMILES string of the molecule is CCNC(Cc1ccc(Cl)cc1Cl)c1ccc(SC)cc1. The summed E-state index contributed by atoms with van der Waals surface area (Å²) in [5.74, 6) is 0. The van der Waals surface area contributed by atoms with E-state index in [-0.39, 0.29) is 6.04 Å². The maximum absolute atomic E-state index is 6.29. The van der Waals surface area contributed by atoms with Crippen LogP contribution in [-0.4, -0.2) is 12.8 Å². The van der Waals surface area contributed by atoms with Crippen LogP contribution < -0.4 is 5.32 Å². The summed E-state index contributed by atoms with van der Waals surface area (Å²) in [6.45, 7) is 3.03. The number of benzene rings is 2. The van der Waals surface area contributed by atoms with Crippen LogP contribution in [0.25, 0.3) is 0 Å². The van der Waals surface area contributed by atoms with Crippen molar-refractivity contribution in [2.24, 2.45) is 0 Å². The second kappa shape index (κ2) is 8.09. The summed E-state index contributed by atoms with van der Waals surface area (Å²) in [6.07, 6.45) is 2.94. The van der Waals surface area contributed by atoms with Gasteiger partial charge in [-0.1, -0.05) is 48.3 Å². The van der Waals surface area contributed by atoms with Crippen molar-refractivity contribution in [2.75, 3.05) is 12.8 Å². The van der Waals surface area contributed by atoms with Crippen molar-refractivity contribution >= 4 is 35.0 Å². The first-order valence-electron chi connectivity index (χ1n) is 6.95. The molecule has 0 bridgehead atoms. The van der Waals surface area contributed by atoms with E-state index in [4.69, 9.17) is 23.2 Å². The number of likely N-dealkylation sites (N-methyl/N-ethyl adjacent to an activating group) is 1. The third-order valence-corrected chi connectivity index (χ3v) is 4.74. The summed E-state index contributed by atoms with van der Waals surface area (Å²) in [6, 6.07) is 14.6. The van der Waals surface area contributed by atoms with E-state index in [1.807, 2.05) is 12.1 Å². The van der Waals surface area contributed by atoms with Gasteiger partial charge in [0, 0.05) is 21.0 Å². The fourth-order valence-corrected chi connectivity index (χ4v) is 3.19. The molecule has 112 valence electrons. The van der Waals surface area contributed by atoms with Gasteiger partial charge in [0.2, 0.25) is 0 Å². The molecule has 1 unspecified atom stereocenters. The Labute approximate surface area is 141 Å². The summed E-state index contributed by atoms with van der Waals surface area (Å²) in [7, 11) is 0. The van der Waals surface area contributed by atoms with Crippen molar-refractivity contribution in [3.05, 3.63) is 63.6 Å². The molecule has 1 nitrogen and oxygen atoms in total. The van der Waals surface area contributed by atoms with Gasteiger partial charge in [-0.25, -0.2) is 0 Å². The van der Waals surface area contributed by atoms with Gasteiger partial charge in [0.15, 0.2) is 0 Å². The summed E-state index contributed by atoms with van der Waals surface area (Å²) in [5, 5.41) is 4.93. The third-order valence-electron chi connectivity index (χ3n) is 3.41. The molecule has 0 aromatic heterocycles. The molecule has 0 aliphatic heterocycles. The van der Waals surface area contributed by atoms with Gasteiger partial charge < -0.3 is 5.32 Å². The Morgan fingerprint density at radius 1 is 1.10 bits per heavy atom. The van der Waals surface area contributed by atoms with Crippen molar-refractivity contribution in [3.8, 4) is 0 Å². The van der Waals surface area contributed by atoms with Gasteiger partial charge in [-0.15, -0.1) is 11.8 Å². The number of rotatable bonds is 6. The van der Waals surface area contributed by atoms with Crippen molar-refractivity contribution < 1.29 is 0 Å². The standard InChI is InChI=1S/C17H19Cl2NS/c1-3-20-17(12-5-8-15(21-2)9-6-12)10-13-4-7-14(18)11-16(13)19/h4-9,11,17,20H,3,10H2,1-2H3. The summed E-state index contributed by atoms with van der Waals surface area (Å²) in [5.41, 5.74) is 2.39. The minimum atomic E-state index is 0.254. The molecule has 0 spiro atoms. The lowest BCUT2D eigenvalue weighted by Gasteiger charge is -2.19. The smallest absolute Gasteiger partial charge is 0.0453 e. The van der Waals surface area contributed by atoms with Gasteiger partial charge in [0.25, 0.3) is 0 Å². The lowest BCUT2D eigenvalue weighted by atomic mass is 9.99. The Bertz CT molecular complexity index is 584. The molecule has 0 radical (unpaired) electrons. The number of thioether (sulfide) groups is 1. The van der Waals surface area contributed by atoms with E-state index in [2.05, 4.69) is 42.8 Å². The molecule has 0 saturated heterocycles. The molecule has 2 rings (SSSR count). The van der Waals surface area contributed by atoms with Crippen LogP contribution >= 0.6 is 35.0 Å². The maximum atomic E-state index is 6.29. The zero-order valence-electron chi connectivity index (χ0n) is 12.2. The molecule has 0 aliphatic rings. The molecule has 2 aromatic rings. The van der Waals surface area contributed by atoms with Gasteiger partial charge in [-0.2, -0.15) is 0 Å². The molecule has 21 heavy (non-hydrogen) atoms. The van der Waals surface area contributed by atoms with E-state index in [0.29, 0.717) is 5.02 Å². The average molecular weight is 340 g/mol. The number of hydrogen-bond acceptors (Lipinski definition) is 2. The third kappa shape index (κ3) is 4.65. The van der Waals surface area contributed by atoms with Crippen LogP contribution in [-0.2, 0) is 6.42 Å². The largest absolute Gasteiger partial charge is 0.310 e. The maximum Gasteiger partial charge on any atom is 0.0453 e. The van der Waals surface area contributed by atoms with E-state index < -0.39 is 0 Å². The molecule has 0 saturated carbocycles. The quantitative estimate of drug-likeness (QED) is 0.686. The van der Waals surface area contributed by atoms with Crippen molar-refractivity contribution in [1.82, 2.24) is 5.32 Å². The predicted octanol–water partition coefficient (Wildman–Crippen LogP) is 5.61. The van der Waals surface area contributed by atoms with Gasteiger partial charge in [-0.3, -0.25) is 0 Å². The second-order valence-electron chi connectivity index (χ2n) is 4.82. The van der Waals surface area contributed by atoms with E-state index in [1.54, 1.807) is 17.8 Å². The lowest BCUT2D eigenvalue weighted by molar-refractivity contribution is 0.549. The normalized spacial score (nSPS) is 12.4. The Kier molecular flexibility index (Phi) is 6.43. The van der Waals surface area contributed by atoms with Crippen LogP contribution in [0, 0.1) is 0 Å². The first-order chi connectivity index (χ1) is 10.1. The van der Waals surface area contributed by atoms with Crippen LogP contribution in [0.4, 0.5) is 0 Å². The highest BCUT2D eigenvalue weighted by Crippen LogP contribution is 2.27. The van der Waals surface area contributed by atoms with Gasteiger partial charge >= 0.3 is 0 Å². The fraction of sp³-hybridized carbons (Fsp3) is 0.294. The molecular weight excluding hydrogens is 321 g/mol. The molecule has 2 aromatic carbocycles. The van der Waals surface area contributed by atoms with Gasteiger partial charge in [0.05, 0.1) is 0 Å². The first-order valence-corrected chi connectivity index (χ1v) is 8.93. The minimum absolute atomic E-state index is 0.254. The molecule has 0 fully saturated rings. The molecule has 0 amide bonds. The van der Waals surface area contributed by atoms with E-state index in [1.165, 1.54) is 10.5 Å². The summed E-state index contributed by atoms with van der Waals surface area (Å²) in [4.78, 5) is 1.28. The number of halogens is 2. The monoisotopic (exact) mass is 339 g/mol. The van der Waals surface area contributed by atoms with Gasteiger partial charge in [-0.05, 0) is 54.6 Å². The fourth-order valence-electron chi connectivity index (χ4n) is 2.30. The summed E-state index contributed by atoms with van der Waals surface area (Å²) >= 11 is 14.0. The lowest BCUT2D eigenvalue weighted by Crippen LogP contribution is -2.23. The van der Waals surface area contributed by atoms with E-state index in [0.717, 1.165) is 23.6 Å². The Morgan fingerprint density at radius 3 is 2.38 bits per heavy atom. The van der Waals surface area contributed by atoms with Crippen molar-refractivity contribution in [3.63, 3.8) is 0 Å². The minimum Gasteiger partial charge on any atom is -0.310 e. The molecular formula is C17H19Cl2NS. The highest BCUT2D eigenvalue weighted by Gasteiger charge is 2.13. The second-order valence-corrected chi connectivity index (χ2v) is 6.55. The average Bonchev–Trinajstić information content (AvgIpc) is 2.49. The highest BCUT2D eigenvalue weighted by atomic mass is 35.5. The van der Waals surface area contributed by atoms with Crippen LogP contribution in [0.5, 0.6) is 0 Å². The molecule has 0 aliphatic carbocycles. The van der Waals surface area contributed by atoms with Crippen LogP contribution in [0.1, 0.15) is 24.1 Å². The molecule has 0 heterocycles. The Morgan fingerprint density at radius 2 is 1.81 bits per heavy atom. The molecule has 1 atom stereocenters. The van der Waals surface area contributed by atoms with Gasteiger partial charge in [0.1, 0.15) is 0 Å². The Hall–Kier alpha value is -0.670. The molecule has 4 heteroatoms. The van der Waals surface area contributed by atoms with Crippen LogP contribution in [0.3, 0.4) is 0 Å². The topological polar surface area (TPSA) is 12.0 Å².